The average Bonchev–Trinajstić information content (AvgIpc) is 2.57. The van der Waals surface area contributed by atoms with Crippen molar-refractivity contribution in [3.63, 3.8) is 0 Å². The van der Waals surface area contributed by atoms with Gasteiger partial charge in [-0.1, -0.05) is 18.2 Å². The minimum atomic E-state index is -0.181. The lowest BCUT2D eigenvalue weighted by Gasteiger charge is -2.33. The molecule has 1 aromatic rings. The molecular formula is C20H26N2O2. The number of benzene rings is 1. The van der Waals surface area contributed by atoms with E-state index in [4.69, 9.17) is 0 Å². The molecule has 1 aromatic carbocycles. The summed E-state index contributed by atoms with van der Waals surface area (Å²) in [5.74, 6) is -0.101. The van der Waals surface area contributed by atoms with Gasteiger partial charge >= 0.3 is 0 Å². The molecule has 128 valence electrons. The highest BCUT2D eigenvalue weighted by molar-refractivity contribution is 6.01. The zero-order valence-electron chi connectivity index (χ0n) is 14.7. The van der Waals surface area contributed by atoms with Crippen LogP contribution >= 0.6 is 0 Å². The Bertz CT molecular complexity index is 662. The lowest BCUT2D eigenvalue weighted by molar-refractivity contribution is -0.111. The van der Waals surface area contributed by atoms with Gasteiger partial charge < -0.3 is 10.2 Å². The zero-order valence-corrected chi connectivity index (χ0v) is 14.7. The van der Waals surface area contributed by atoms with E-state index in [2.05, 4.69) is 12.2 Å². The molecule has 1 fully saturated rings. The molecule has 0 aliphatic carbocycles. The van der Waals surface area contributed by atoms with Crippen molar-refractivity contribution in [3.05, 3.63) is 53.6 Å². The standard InChI is InChI=1S/C20H26N2O2/c1-4-5-6-10-19(23)21-18-12-11-17(14-15(18)2)20(24)22-13-8-7-9-16(22)3/h4-6,10-12,14,16H,7-9,13H2,1-3H3,(H,21,23)/b5-4+,10-6+. The molecule has 0 saturated carbocycles. The number of hydrogen-bond acceptors (Lipinski definition) is 2. The number of anilines is 1. The summed E-state index contributed by atoms with van der Waals surface area (Å²) in [6, 6.07) is 5.75. The molecule has 1 unspecified atom stereocenters. The van der Waals surface area contributed by atoms with Gasteiger partial charge in [-0.2, -0.15) is 0 Å². The smallest absolute Gasteiger partial charge is 0.254 e. The normalized spacial score (nSPS) is 18.3. The van der Waals surface area contributed by atoms with Crippen molar-refractivity contribution in [2.75, 3.05) is 11.9 Å². The lowest BCUT2D eigenvalue weighted by atomic mass is 10.0. The van der Waals surface area contributed by atoms with Crippen LogP contribution in [0.3, 0.4) is 0 Å². The van der Waals surface area contributed by atoms with Gasteiger partial charge in [-0.15, -0.1) is 0 Å². The first-order valence-corrected chi connectivity index (χ1v) is 8.55. The molecule has 0 aromatic heterocycles. The Kier molecular flexibility index (Phi) is 6.36. The maximum atomic E-state index is 12.7. The maximum absolute atomic E-state index is 12.7. The van der Waals surface area contributed by atoms with Crippen LogP contribution in [0.1, 0.15) is 49.0 Å². The SMILES string of the molecule is C/C=C/C=C/C(=O)Nc1ccc(C(=O)N2CCCCC2C)cc1C. The fraction of sp³-hybridized carbons (Fsp3) is 0.400. The number of piperidine rings is 1. The van der Waals surface area contributed by atoms with Gasteiger partial charge in [-0.05, 0) is 63.8 Å². The second kappa shape index (κ2) is 8.48. The first-order chi connectivity index (χ1) is 11.5. The first kappa shape index (κ1) is 18.0. The van der Waals surface area contributed by atoms with Gasteiger partial charge in [-0.25, -0.2) is 0 Å². The van der Waals surface area contributed by atoms with E-state index in [1.807, 2.05) is 30.9 Å². The number of rotatable bonds is 4. The third kappa shape index (κ3) is 4.57. The van der Waals surface area contributed by atoms with Crippen molar-refractivity contribution in [1.82, 2.24) is 4.90 Å². The Balaban J connectivity index is 2.08. The number of amides is 2. The van der Waals surface area contributed by atoms with Gasteiger partial charge in [0.05, 0.1) is 0 Å². The molecule has 1 aliphatic heterocycles. The van der Waals surface area contributed by atoms with E-state index in [9.17, 15) is 9.59 Å². The van der Waals surface area contributed by atoms with Crippen molar-refractivity contribution in [2.24, 2.45) is 0 Å². The van der Waals surface area contributed by atoms with Crippen LogP contribution in [0.4, 0.5) is 5.69 Å². The minimum absolute atomic E-state index is 0.0798. The van der Waals surface area contributed by atoms with Gasteiger partial charge in [0.2, 0.25) is 5.91 Å². The molecule has 0 radical (unpaired) electrons. The molecule has 0 bridgehead atoms. The van der Waals surface area contributed by atoms with E-state index in [1.165, 1.54) is 12.5 Å². The van der Waals surface area contributed by atoms with E-state index in [1.54, 1.807) is 24.3 Å². The second-order valence-electron chi connectivity index (χ2n) is 6.25. The Hall–Kier alpha value is -2.36. The molecular weight excluding hydrogens is 300 g/mol. The van der Waals surface area contributed by atoms with E-state index >= 15 is 0 Å². The lowest BCUT2D eigenvalue weighted by Crippen LogP contribution is -2.42. The molecule has 1 heterocycles. The molecule has 1 N–H and O–H groups in total. The molecule has 1 aliphatic rings. The zero-order chi connectivity index (χ0) is 17.5. The Morgan fingerprint density at radius 3 is 2.71 bits per heavy atom. The third-order valence-electron chi connectivity index (χ3n) is 4.35. The van der Waals surface area contributed by atoms with E-state index in [0.717, 1.165) is 30.6 Å². The molecule has 4 heteroatoms. The van der Waals surface area contributed by atoms with Crippen molar-refractivity contribution in [1.29, 1.82) is 0 Å². The maximum Gasteiger partial charge on any atom is 0.254 e. The topological polar surface area (TPSA) is 49.4 Å². The average molecular weight is 326 g/mol. The Morgan fingerprint density at radius 1 is 1.25 bits per heavy atom. The van der Waals surface area contributed by atoms with Crippen LogP contribution in [0, 0.1) is 6.92 Å². The van der Waals surface area contributed by atoms with Crippen molar-refractivity contribution in [3.8, 4) is 0 Å². The summed E-state index contributed by atoms with van der Waals surface area (Å²) < 4.78 is 0. The van der Waals surface area contributed by atoms with Crippen LogP contribution in [-0.4, -0.2) is 29.3 Å². The molecule has 4 nitrogen and oxygen atoms in total. The van der Waals surface area contributed by atoms with Crippen LogP contribution in [0.25, 0.3) is 0 Å². The van der Waals surface area contributed by atoms with Gasteiger partial charge in [0, 0.05) is 29.9 Å². The third-order valence-corrected chi connectivity index (χ3v) is 4.35. The van der Waals surface area contributed by atoms with Crippen LogP contribution in [0.2, 0.25) is 0 Å². The van der Waals surface area contributed by atoms with Crippen molar-refractivity contribution >= 4 is 17.5 Å². The van der Waals surface area contributed by atoms with Gasteiger partial charge in [-0.3, -0.25) is 9.59 Å². The van der Waals surface area contributed by atoms with E-state index in [-0.39, 0.29) is 11.8 Å². The van der Waals surface area contributed by atoms with Gasteiger partial charge in [0.15, 0.2) is 0 Å². The number of hydrogen-bond donors (Lipinski definition) is 1. The van der Waals surface area contributed by atoms with Gasteiger partial charge in [0.1, 0.15) is 0 Å². The Labute approximate surface area is 144 Å². The van der Waals surface area contributed by atoms with Crippen LogP contribution < -0.4 is 5.32 Å². The molecule has 2 rings (SSSR count). The fourth-order valence-corrected chi connectivity index (χ4v) is 2.93. The predicted molar refractivity (Wildman–Crippen MR) is 98.1 cm³/mol. The summed E-state index contributed by atoms with van der Waals surface area (Å²) in [6.45, 7) is 6.73. The molecule has 1 atom stereocenters. The fourth-order valence-electron chi connectivity index (χ4n) is 2.93. The van der Waals surface area contributed by atoms with Crippen molar-refractivity contribution in [2.45, 2.75) is 46.1 Å². The predicted octanol–water partition coefficient (Wildman–Crippen LogP) is 4.08. The number of allylic oxidation sites excluding steroid dienone is 3. The van der Waals surface area contributed by atoms with Crippen LogP contribution in [-0.2, 0) is 4.79 Å². The monoisotopic (exact) mass is 326 g/mol. The summed E-state index contributed by atoms with van der Waals surface area (Å²) >= 11 is 0. The summed E-state index contributed by atoms with van der Waals surface area (Å²) in [7, 11) is 0. The summed E-state index contributed by atoms with van der Waals surface area (Å²) in [5, 5.41) is 2.84. The number of likely N-dealkylation sites (tertiary alicyclic amines) is 1. The second-order valence-corrected chi connectivity index (χ2v) is 6.25. The highest BCUT2D eigenvalue weighted by Crippen LogP contribution is 2.22. The quantitative estimate of drug-likeness (QED) is 0.669. The van der Waals surface area contributed by atoms with E-state index < -0.39 is 0 Å². The summed E-state index contributed by atoms with van der Waals surface area (Å²) in [6.07, 6.45) is 10.2. The van der Waals surface area contributed by atoms with Gasteiger partial charge in [0.25, 0.3) is 5.91 Å². The largest absolute Gasteiger partial charge is 0.336 e. The van der Waals surface area contributed by atoms with E-state index in [0.29, 0.717) is 11.6 Å². The number of aryl methyl sites for hydroxylation is 1. The number of nitrogens with zero attached hydrogens (tertiary/aromatic N) is 1. The van der Waals surface area contributed by atoms with Crippen LogP contribution in [0.5, 0.6) is 0 Å². The van der Waals surface area contributed by atoms with Crippen LogP contribution in [0.15, 0.2) is 42.5 Å². The minimum Gasteiger partial charge on any atom is -0.336 e. The highest BCUT2D eigenvalue weighted by Gasteiger charge is 2.24. The molecule has 24 heavy (non-hydrogen) atoms. The molecule has 2 amide bonds. The molecule has 1 saturated heterocycles. The first-order valence-electron chi connectivity index (χ1n) is 8.55. The summed E-state index contributed by atoms with van der Waals surface area (Å²) in [5.41, 5.74) is 2.30. The van der Waals surface area contributed by atoms with Crippen molar-refractivity contribution < 1.29 is 9.59 Å². The highest BCUT2D eigenvalue weighted by atomic mass is 16.2. The number of nitrogens with one attached hydrogen (secondary N) is 1. The number of carbonyl (C=O) groups excluding carboxylic acids is 2. The summed E-state index contributed by atoms with van der Waals surface area (Å²) in [4.78, 5) is 26.5. The number of carbonyl (C=O) groups is 2. The molecule has 0 spiro atoms. The Morgan fingerprint density at radius 2 is 2.04 bits per heavy atom.